The Balaban J connectivity index is 1.48. The van der Waals surface area contributed by atoms with Crippen LogP contribution in [-0.4, -0.2) is 55.8 Å². The molecule has 0 radical (unpaired) electrons. The van der Waals surface area contributed by atoms with Gasteiger partial charge in [0.05, 0.1) is 18.5 Å². The molecule has 0 spiro atoms. The molecule has 0 aromatic carbocycles. The topological polar surface area (TPSA) is 119 Å². The minimum atomic E-state index is -0.324. The second-order valence-electron chi connectivity index (χ2n) is 7.00. The summed E-state index contributed by atoms with van der Waals surface area (Å²) in [6, 6.07) is 0.0390. The van der Waals surface area contributed by atoms with Crippen molar-refractivity contribution in [2.24, 2.45) is 11.8 Å². The molecule has 2 aromatic rings. The van der Waals surface area contributed by atoms with Crippen molar-refractivity contribution in [3.8, 4) is 0 Å². The van der Waals surface area contributed by atoms with Crippen LogP contribution in [0.1, 0.15) is 18.9 Å². The van der Waals surface area contributed by atoms with E-state index in [-0.39, 0.29) is 37.1 Å². The summed E-state index contributed by atoms with van der Waals surface area (Å²) in [6.45, 7) is 0.288. The Bertz CT molecular complexity index is 921. The van der Waals surface area contributed by atoms with E-state index in [0.717, 1.165) is 6.42 Å². The summed E-state index contributed by atoms with van der Waals surface area (Å²) in [4.78, 5) is 26.7. The maximum Gasteiger partial charge on any atom is 0.335 e. The quantitative estimate of drug-likeness (QED) is 0.744. The molecule has 9 heteroatoms. The molecule has 1 fully saturated rings. The highest BCUT2D eigenvalue weighted by Gasteiger charge is 2.43. The number of rotatable bonds is 5. The van der Waals surface area contributed by atoms with Crippen molar-refractivity contribution in [2.45, 2.75) is 18.9 Å². The van der Waals surface area contributed by atoms with E-state index in [2.05, 4.69) is 15.0 Å². The van der Waals surface area contributed by atoms with E-state index in [1.807, 2.05) is 28.8 Å². The van der Waals surface area contributed by atoms with Gasteiger partial charge in [-0.3, -0.25) is 0 Å². The van der Waals surface area contributed by atoms with Crippen LogP contribution in [0.25, 0.3) is 11.2 Å². The molecule has 3 N–H and O–H groups in total. The van der Waals surface area contributed by atoms with Crippen molar-refractivity contribution < 1.29 is 14.6 Å². The third-order valence-corrected chi connectivity index (χ3v) is 5.33. The van der Waals surface area contributed by atoms with Crippen molar-refractivity contribution in [1.29, 1.82) is 0 Å². The molecule has 4 rings (SSSR count). The SMILES string of the molecule is CN1C=CCC(C(=O)OC[C@H]2[C@@H](CO)C[C@H]2n2cnc3c(N)ncnc32)=C1. The number of imidazole rings is 1. The van der Waals surface area contributed by atoms with Gasteiger partial charge in [0.1, 0.15) is 11.8 Å². The Morgan fingerprint density at radius 1 is 1.41 bits per heavy atom. The third-order valence-electron chi connectivity index (χ3n) is 5.33. The number of hydrogen-bond donors (Lipinski definition) is 2. The second kappa shape index (κ2) is 6.99. The van der Waals surface area contributed by atoms with Gasteiger partial charge in [0.2, 0.25) is 0 Å². The standard InChI is InChI=1S/C18H22N6O3/c1-23-4-2-3-11(6-23)18(26)27-8-13-12(7-25)5-14(13)24-10-22-15-16(19)20-9-21-17(15)24/h2,4,6,9-10,12-14,25H,3,5,7-8H2,1H3,(H2,19,20,21)/t12-,13+,14-/m1/s1. The van der Waals surface area contributed by atoms with Crippen molar-refractivity contribution in [3.05, 3.63) is 36.7 Å². The number of ether oxygens (including phenoxy) is 1. The van der Waals surface area contributed by atoms with Crippen molar-refractivity contribution >= 4 is 23.0 Å². The average Bonchev–Trinajstić information content (AvgIpc) is 3.06. The molecule has 0 saturated heterocycles. The zero-order chi connectivity index (χ0) is 19.0. The Hall–Kier alpha value is -2.94. The molecule has 0 bridgehead atoms. The van der Waals surface area contributed by atoms with Crippen LogP contribution >= 0.6 is 0 Å². The van der Waals surface area contributed by atoms with E-state index in [9.17, 15) is 9.90 Å². The molecule has 1 aliphatic heterocycles. The average molecular weight is 370 g/mol. The van der Waals surface area contributed by atoms with Crippen molar-refractivity contribution in [3.63, 3.8) is 0 Å². The van der Waals surface area contributed by atoms with Crippen molar-refractivity contribution in [1.82, 2.24) is 24.4 Å². The fourth-order valence-electron chi connectivity index (χ4n) is 3.76. The normalized spacial score (nSPS) is 24.6. The molecule has 0 unspecified atom stereocenters. The summed E-state index contributed by atoms with van der Waals surface area (Å²) in [5.41, 5.74) is 7.69. The number of hydrogen-bond acceptors (Lipinski definition) is 8. The van der Waals surface area contributed by atoms with Gasteiger partial charge in [-0.25, -0.2) is 19.7 Å². The van der Waals surface area contributed by atoms with Gasteiger partial charge in [-0.05, 0) is 18.5 Å². The lowest BCUT2D eigenvalue weighted by Gasteiger charge is -2.44. The first-order valence-corrected chi connectivity index (χ1v) is 8.88. The van der Waals surface area contributed by atoms with Gasteiger partial charge in [-0.2, -0.15) is 0 Å². The van der Waals surface area contributed by atoms with Gasteiger partial charge in [0, 0.05) is 38.2 Å². The minimum Gasteiger partial charge on any atom is -0.462 e. The van der Waals surface area contributed by atoms with E-state index in [4.69, 9.17) is 10.5 Å². The predicted molar refractivity (Wildman–Crippen MR) is 98.0 cm³/mol. The number of fused-ring (bicyclic) bond motifs is 1. The summed E-state index contributed by atoms with van der Waals surface area (Å²) in [6.07, 6.45) is 10.0. The number of nitrogens with two attached hydrogens (primary N) is 1. The first kappa shape index (κ1) is 17.5. The number of carbonyl (C=O) groups is 1. The Morgan fingerprint density at radius 2 is 2.26 bits per heavy atom. The van der Waals surface area contributed by atoms with Gasteiger partial charge in [-0.15, -0.1) is 0 Å². The van der Waals surface area contributed by atoms with Crippen LogP contribution in [0.2, 0.25) is 0 Å². The monoisotopic (exact) mass is 370 g/mol. The predicted octanol–water partition coefficient (Wildman–Crippen LogP) is 0.854. The summed E-state index contributed by atoms with van der Waals surface area (Å²) in [7, 11) is 1.87. The van der Waals surface area contributed by atoms with Crippen LogP contribution in [0.5, 0.6) is 0 Å². The lowest BCUT2D eigenvalue weighted by Crippen LogP contribution is -2.43. The van der Waals surface area contributed by atoms with E-state index >= 15 is 0 Å². The number of aliphatic hydroxyl groups excluding tert-OH is 1. The first-order valence-electron chi connectivity index (χ1n) is 8.88. The second-order valence-corrected chi connectivity index (χ2v) is 7.00. The summed E-state index contributed by atoms with van der Waals surface area (Å²) in [5.74, 6) is 0.0732. The molecular weight excluding hydrogens is 348 g/mol. The molecular formula is C18H22N6O3. The molecule has 0 amide bonds. The highest BCUT2D eigenvalue weighted by molar-refractivity contribution is 5.88. The molecule has 2 aliphatic rings. The Labute approximate surface area is 156 Å². The van der Waals surface area contributed by atoms with Crippen LogP contribution in [0.3, 0.4) is 0 Å². The molecule has 3 heterocycles. The first-order chi connectivity index (χ1) is 13.1. The molecule has 27 heavy (non-hydrogen) atoms. The van der Waals surface area contributed by atoms with Crippen LogP contribution in [0, 0.1) is 11.8 Å². The highest BCUT2D eigenvalue weighted by Crippen LogP contribution is 2.45. The van der Waals surface area contributed by atoms with E-state index in [1.54, 1.807) is 12.5 Å². The number of aliphatic hydroxyl groups is 1. The maximum absolute atomic E-state index is 12.4. The summed E-state index contributed by atoms with van der Waals surface area (Å²) >= 11 is 0. The zero-order valence-corrected chi connectivity index (χ0v) is 15.0. The number of allylic oxidation sites excluding steroid dienone is 1. The van der Waals surface area contributed by atoms with Gasteiger partial charge in [0.25, 0.3) is 0 Å². The molecule has 1 aliphatic carbocycles. The number of carbonyl (C=O) groups excluding carboxylic acids is 1. The zero-order valence-electron chi connectivity index (χ0n) is 15.0. The fraction of sp³-hybridized carbons (Fsp3) is 0.444. The van der Waals surface area contributed by atoms with Gasteiger partial charge >= 0.3 is 5.97 Å². The van der Waals surface area contributed by atoms with Crippen LogP contribution in [-0.2, 0) is 9.53 Å². The lowest BCUT2D eigenvalue weighted by molar-refractivity contribution is -0.144. The van der Waals surface area contributed by atoms with Crippen LogP contribution < -0.4 is 5.73 Å². The lowest BCUT2D eigenvalue weighted by atomic mass is 9.70. The number of nitrogens with zero attached hydrogens (tertiary/aromatic N) is 5. The molecule has 1 saturated carbocycles. The molecule has 3 atom stereocenters. The van der Waals surface area contributed by atoms with Crippen LogP contribution in [0.15, 0.2) is 36.7 Å². The van der Waals surface area contributed by atoms with Gasteiger partial charge in [-0.1, -0.05) is 6.08 Å². The number of aromatic nitrogens is 4. The van der Waals surface area contributed by atoms with E-state index in [1.165, 1.54) is 6.33 Å². The summed E-state index contributed by atoms with van der Waals surface area (Å²) in [5, 5.41) is 9.64. The molecule has 9 nitrogen and oxygen atoms in total. The fourth-order valence-corrected chi connectivity index (χ4v) is 3.76. The van der Waals surface area contributed by atoms with Gasteiger partial charge < -0.3 is 25.0 Å². The minimum absolute atomic E-state index is 0.00926. The number of esters is 1. The number of anilines is 1. The van der Waals surface area contributed by atoms with Crippen LogP contribution in [0.4, 0.5) is 5.82 Å². The smallest absolute Gasteiger partial charge is 0.335 e. The largest absolute Gasteiger partial charge is 0.462 e. The highest BCUT2D eigenvalue weighted by atomic mass is 16.5. The van der Waals surface area contributed by atoms with Crippen molar-refractivity contribution in [2.75, 3.05) is 26.0 Å². The third kappa shape index (κ3) is 3.14. The van der Waals surface area contributed by atoms with Gasteiger partial charge in [0.15, 0.2) is 11.5 Å². The maximum atomic E-state index is 12.4. The van der Waals surface area contributed by atoms with E-state index in [0.29, 0.717) is 29.0 Å². The molecule has 2 aromatic heterocycles. The summed E-state index contributed by atoms with van der Waals surface area (Å²) < 4.78 is 7.50. The Kier molecular flexibility index (Phi) is 4.53. The molecule has 142 valence electrons. The van der Waals surface area contributed by atoms with E-state index < -0.39 is 0 Å². The Morgan fingerprint density at radius 3 is 3.04 bits per heavy atom. The number of nitrogen functional groups attached to an aromatic ring is 1.